The van der Waals surface area contributed by atoms with E-state index in [1.165, 1.54) is 13.0 Å². The number of nitro groups is 1. The molecule has 4 aromatic carbocycles. The predicted molar refractivity (Wildman–Crippen MR) is 163 cm³/mol. The highest BCUT2D eigenvalue weighted by molar-refractivity contribution is 7.92. The summed E-state index contributed by atoms with van der Waals surface area (Å²) in [6.45, 7) is 1.42. The fourth-order valence-corrected chi connectivity index (χ4v) is 7.47. The second-order valence-corrected chi connectivity index (χ2v) is 15.6. The first-order valence-corrected chi connectivity index (χ1v) is 18.2. The Morgan fingerprint density at radius 1 is 0.708 bits per heavy atom. The third-order valence-corrected chi connectivity index (χ3v) is 10.5. The van der Waals surface area contributed by atoms with Crippen molar-refractivity contribution >= 4 is 80.1 Å². The molecule has 0 heterocycles. The Labute approximate surface area is 270 Å². The predicted octanol–water partition coefficient (Wildman–Crippen LogP) is 2.55. The number of fused-ring (bicyclic) bond motifs is 1. The van der Waals surface area contributed by atoms with E-state index in [4.69, 9.17) is 0 Å². The number of amides is 1. The van der Waals surface area contributed by atoms with E-state index in [-0.39, 0.29) is 17.3 Å². The van der Waals surface area contributed by atoms with Crippen LogP contribution in [0.3, 0.4) is 0 Å². The fourth-order valence-electron chi connectivity index (χ4n) is 4.33. The van der Waals surface area contributed by atoms with Crippen LogP contribution in [0.4, 0.5) is 17.1 Å². The van der Waals surface area contributed by atoms with Gasteiger partial charge in [0.05, 0.1) is 26.0 Å². The van der Waals surface area contributed by atoms with Gasteiger partial charge in [-0.1, -0.05) is 6.07 Å². The van der Waals surface area contributed by atoms with Crippen LogP contribution in [0.15, 0.2) is 80.2 Å². The summed E-state index contributed by atoms with van der Waals surface area (Å²) in [5, 5.41) is 20.9. The third-order valence-electron chi connectivity index (χ3n) is 6.52. The van der Waals surface area contributed by atoms with Crippen molar-refractivity contribution < 1.29 is 66.9 Å². The SMILES string of the molecule is Cc1ccc(S(=O)(=O)Nc2ccc(S(=O)(=O)O)c3cc(S(=O)(=O)O)cc(S(=O)(=O)O)c23)cc1NC(=O)c1cc(C(=O)O)cc([N+](=O)[O-])c1. The minimum atomic E-state index is -5.50. The van der Waals surface area contributed by atoms with Crippen LogP contribution >= 0.6 is 0 Å². The van der Waals surface area contributed by atoms with Gasteiger partial charge < -0.3 is 10.4 Å². The molecule has 19 nitrogen and oxygen atoms in total. The summed E-state index contributed by atoms with van der Waals surface area (Å²) in [6.07, 6.45) is 0. The van der Waals surface area contributed by atoms with Gasteiger partial charge in [-0.15, -0.1) is 0 Å². The van der Waals surface area contributed by atoms with Gasteiger partial charge in [0.15, 0.2) is 0 Å². The number of anilines is 2. The number of carboxylic acid groups (broad SMARTS) is 1. The lowest BCUT2D eigenvalue weighted by Gasteiger charge is -2.16. The van der Waals surface area contributed by atoms with Crippen LogP contribution in [-0.4, -0.2) is 69.2 Å². The molecule has 0 unspecified atom stereocenters. The number of carboxylic acids is 1. The molecule has 23 heteroatoms. The molecule has 0 atom stereocenters. The van der Waals surface area contributed by atoms with Gasteiger partial charge in [0.1, 0.15) is 9.79 Å². The van der Waals surface area contributed by atoms with Crippen LogP contribution < -0.4 is 10.0 Å². The van der Waals surface area contributed by atoms with Crippen LogP contribution in [0.5, 0.6) is 0 Å². The second kappa shape index (κ2) is 12.2. The molecule has 1 amide bonds. The standard InChI is InChI=1S/C25H19N3O16S4/c1-12-2-3-16(10-20(12)26-24(29)13-6-14(25(30)31)8-15(7-13)28(32)33)45(34,35)27-19-4-5-21(47(39,40)41)18-9-17(46(36,37)38)11-22(23(18)19)48(42,43)44/h2-11,27H,1H3,(H,26,29)(H,30,31)(H,36,37,38)(H,39,40,41)(H,42,43,44). The summed E-state index contributed by atoms with van der Waals surface area (Å²) in [4.78, 5) is 30.3. The number of hydrogen-bond donors (Lipinski definition) is 6. The smallest absolute Gasteiger partial charge is 0.335 e. The fraction of sp³-hybridized carbons (Fsp3) is 0.0400. The first-order chi connectivity index (χ1) is 21.9. The first-order valence-electron chi connectivity index (χ1n) is 12.4. The molecule has 0 saturated heterocycles. The van der Waals surface area contributed by atoms with Crippen molar-refractivity contribution in [3.63, 3.8) is 0 Å². The van der Waals surface area contributed by atoms with Crippen molar-refractivity contribution in [2.45, 2.75) is 26.5 Å². The molecule has 48 heavy (non-hydrogen) atoms. The number of nitrogens with one attached hydrogen (secondary N) is 2. The average Bonchev–Trinajstić information content (AvgIpc) is 2.95. The van der Waals surface area contributed by atoms with Crippen LogP contribution in [0.1, 0.15) is 26.3 Å². The Morgan fingerprint density at radius 2 is 1.31 bits per heavy atom. The highest BCUT2D eigenvalue weighted by Gasteiger charge is 2.28. The molecular weight excluding hydrogens is 727 g/mol. The summed E-state index contributed by atoms with van der Waals surface area (Å²) in [6, 6.07) is 7.29. The Balaban J connectivity index is 1.85. The lowest BCUT2D eigenvalue weighted by atomic mass is 10.1. The number of nitro benzene ring substituents is 1. The van der Waals surface area contributed by atoms with Crippen LogP contribution in [0.2, 0.25) is 0 Å². The molecular formula is C25H19N3O16S4. The van der Waals surface area contributed by atoms with Crippen molar-refractivity contribution in [3.8, 4) is 0 Å². The number of rotatable bonds is 10. The number of non-ortho nitro benzene ring substituents is 1. The molecule has 254 valence electrons. The zero-order chi connectivity index (χ0) is 36.1. The van der Waals surface area contributed by atoms with Gasteiger partial charge in [-0.05, 0) is 55.0 Å². The van der Waals surface area contributed by atoms with Gasteiger partial charge in [0.2, 0.25) is 0 Å². The monoisotopic (exact) mass is 745 g/mol. The maximum Gasteiger partial charge on any atom is 0.335 e. The molecule has 0 aromatic heterocycles. The van der Waals surface area contributed by atoms with Gasteiger partial charge >= 0.3 is 5.97 Å². The Bertz CT molecular complexity index is 2500. The van der Waals surface area contributed by atoms with Gasteiger partial charge in [0, 0.05) is 34.2 Å². The van der Waals surface area contributed by atoms with Gasteiger partial charge in [0.25, 0.3) is 52.0 Å². The molecule has 0 saturated carbocycles. The molecule has 0 bridgehead atoms. The lowest BCUT2D eigenvalue weighted by Crippen LogP contribution is -2.17. The van der Waals surface area contributed by atoms with Crippen LogP contribution in [-0.2, 0) is 40.4 Å². The Morgan fingerprint density at radius 3 is 1.85 bits per heavy atom. The van der Waals surface area contributed by atoms with E-state index in [1.54, 1.807) is 0 Å². The number of aromatic carboxylic acids is 1. The summed E-state index contributed by atoms with van der Waals surface area (Å²) >= 11 is 0. The quantitative estimate of drug-likeness (QED) is 0.0771. The minimum absolute atomic E-state index is 0.200. The number of nitrogens with zero attached hydrogens (tertiary/aromatic N) is 1. The minimum Gasteiger partial charge on any atom is -0.478 e. The average molecular weight is 746 g/mol. The van der Waals surface area contributed by atoms with Crippen molar-refractivity contribution in [1.29, 1.82) is 0 Å². The van der Waals surface area contributed by atoms with Crippen molar-refractivity contribution in [1.82, 2.24) is 0 Å². The van der Waals surface area contributed by atoms with Crippen molar-refractivity contribution in [3.05, 3.63) is 87.5 Å². The number of hydrogen-bond acceptors (Lipinski definition) is 12. The lowest BCUT2D eigenvalue weighted by molar-refractivity contribution is -0.384. The number of sulfonamides is 1. The first kappa shape index (κ1) is 35.8. The Kier molecular flexibility index (Phi) is 9.10. The van der Waals surface area contributed by atoms with Crippen LogP contribution in [0.25, 0.3) is 10.8 Å². The van der Waals surface area contributed by atoms with Gasteiger partial charge in [-0.3, -0.25) is 33.3 Å². The molecule has 0 aliphatic carbocycles. The maximum absolute atomic E-state index is 13.5. The van der Waals surface area contributed by atoms with E-state index in [1.807, 2.05) is 4.72 Å². The van der Waals surface area contributed by atoms with Crippen LogP contribution in [0, 0.1) is 17.0 Å². The molecule has 4 aromatic rings. The highest BCUT2D eigenvalue weighted by Crippen LogP contribution is 2.38. The van der Waals surface area contributed by atoms with E-state index < -0.39 is 110 Å². The summed E-state index contributed by atoms with van der Waals surface area (Å²) in [7, 11) is -20.9. The van der Waals surface area contributed by atoms with Crippen molar-refractivity contribution in [2.75, 3.05) is 10.0 Å². The maximum atomic E-state index is 13.5. The van der Waals surface area contributed by atoms with E-state index in [0.717, 1.165) is 24.3 Å². The molecule has 0 aliphatic rings. The van der Waals surface area contributed by atoms with Gasteiger partial charge in [-0.25, -0.2) is 13.2 Å². The molecule has 4 rings (SSSR count). The molecule has 0 fully saturated rings. The van der Waals surface area contributed by atoms with E-state index in [0.29, 0.717) is 24.3 Å². The molecule has 0 aliphatic heterocycles. The highest BCUT2D eigenvalue weighted by atomic mass is 32.2. The zero-order valence-electron chi connectivity index (χ0n) is 23.5. The van der Waals surface area contributed by atoms with E-state index in [2.05, 4.69) is 5.32 Å². The number of carbonyl (C=O) groups excluding carboxylic acids is 1. The van der Waals surface area contributed by atoms with E-state index >= 15 is 0 Å². The van der Waals surface area contributed by atoms with E-state index in [9.17, 15) is 72.1 Å². The zero-order valence-corrected chi connectivity index (χ0v) is 26.8. The molecule has 0 radical (unpaired) electrons. The number of benzene rings is 4. The van der Waals surface area contributed by atoms with Gasteiger partial charge in [-0.2, -0.15) is 25.3 Å². The number of aryl methyl sites for hydroxylation is 1. The summed E-state index contributed by atoms with van der Waals surface area (Å²) < 4.78 is 130. The normalized spacial score (nSPS) is 12.4. The topological polar surface area (TPSA) is 319 Å². The molecule has 0 spiro atoms. The second-order valence-electron chi connectivity index (χ2n) is 9.75. The third kappa shape index (κ3) is 7.41. The largest absolute Gasteiger partial charge is 0.478 e. The Hall–Kier alpha value is -5.04. The summed E-state index contributed by atoms with van der Waals surface area (Å²) in [5.41, 5.74) is -2.52. The van der Waals surface area contributed by atoms with Crippen molar-refractivity contribution in [2.24, 2.45) is 0 Å². The number of carbonyl (C=O) groups is 2. The summed E-state index contributed by atoms with van der Waals surface area (Å²) in [5.74, 6) is -2.65. The molecule has 6 N–H and O–H groups in total.